The Morgan fingerprint density at radius 1 is 1.60 bits per heavy atom. The number of hydrogen-bond acceptors (Lipinski definition) is 3. The minimum Gasteiger partial charge on any atom is -0.473 e. The van der Waals surface area contributed by atoms with Gasteiger partial charge in [-0.05, 0) is 6.42 Å². The molecule has 0 aromatic heterocycles. The van der Waals surface area contributed by atoms with Gasteiger partial charge in [0.15, 0.2) is 5.90 Å². The molecule has 0 bridgehead atoms. The third-order valence-corrected chi connectivity index (χ3v) is 1.94. The summed E-state index contributed by atoms with van der Waals surface area (Å²) in [5.74, 6) is 0.820. The SMILES string of the molecule is CC1=NC2CCOCC2O1. The molecule has 0 N–H and O–H groups in total. The summed E-state index contributed by atoms with van der Waals surface area (Å²) in [5, 5.41) is 0. The van der Waals surface area contributed by atoms with Gasteiger partial charge in [0, 0.05) is 13.5 Å². The number of rotatable bonds is 0. The van der Waals surface area contributed by atoms with Crippen molar-refractivity contribution in [3.63, 3.8) is 0 Å². The van der Waals surface area contributed by atoms with Crippen molar-refractivity contribution in [1.29, 1.82) is 0 Å². The van der Waals surface area contributed by atoms with Crippen LogP contribution >= 0.6 is 0 Å². The lowest BCUT2D eigenvalue weighted by atomic mass is 10.1. The fraction of sp³-hybridized carbons (Fsp3) is 0.857. The second kappa shape index (κ2) is 2.23. The smallest absolute Gasteiger partial charge is 0.180 e. The summed E-state index contributed by atoms with van der Waals surface area (Å²) in [6.45, 7) is 3.45. The predicted octanol–water partition coefficient (Wildman–Crippen LogP) is 0.593. The molecule has 56 valence electrons. The van der Waals surface area contributed by atoms with Crippen molar-refractivity contribution >= 4 is 5.90 Å². The lowest BCUT2D eigenvalue weighted by molar-refractivity contribution is 0.00346. The zero-order valence-electron chi connectivity index (χ0n) is 6.04. The summed E-state index contributed by atoms with van der Waals surface area (Å²) in [6, 6.07) is 0.383. The number of fused-ring (bicyclic) bond motifs is 1. The van der Waals surface area contributed by atoms with Crippen LogP contribution in [-0.2, 0) is 9.47 Å². The first-order chi connectivity index (χ1) is 4.86. The largest absolute Gasteiger partial charge is 0.473 e. The van der Waals surface area contributed by atoms with Crippen molar-refractivity contribution in [2.24, 2.45) is 4.99 Å². The van der Waals surface area contributed by atoms with Crippen molar-refractivity contribution in [2.45, 2.75) is 25.5 Å². The van der Waals surface area contributed by atoms with Gasteiger partial charge < -0.3 is 9.47 Å². The maximum Gasteiger partial charge on any atom is 0.180 e. The van der Waals surface area contributed by atoms with Gasteiger partial charge in [-0.3, -0.25) is 0 Å². The van der Waals surface area contributed by atoms with Gasteiger partial charge in [0.2, 0.25) is 0 Å². The van der Waals surface area contributed by atoms with E-state index in [1.165, 1.54) is 0 Å². The Morgan fingerprint density at radius 3 is 3.30 bits per heavy atom. The number of ether oxygens (including phenoxy) is 2. The molecular formula is C7H11NO2. The van der Waals surface area contributed by atoms with E-state index in [0.29, 0.717) is 12.6 Å². The van der Waals surface area contributed by atoms with Crippen LogP contribution in [0.5, 0.6) is 0 Å². The standard InChI is InChI=1S/C7H11NO2/c1-5-8-6-2-3-9-4-7(6)10-5/h6-7H,2-4H2,1H3. The molecule has 2 aliphatic rings. The second-order valence-corrected chi connectivity index (χ2v) is 2.74. The molecule has 0 aromatic carbocycles. The monoisotopic (exact) mass is 141 g/mol. The minimum absolute atomic E-state index is 0.216. The molecule has 2 rings (SSSR count). The average Bonchev–Trinajstić information content (AvgIpc) is 2.27. The van der Waals surface area contributed by atoms with Crippen LogP contribution in [0.3, 0.4) is 0 Å². The highest BCUT2D eigenvalue weighted by atomic mass is 16.5. The first kappa shape index (κ1) is 6.16. The van der Waals surface area contributed by atoms with Crippen molar-refractivity contribution < 1.29 is 9.47 Å². The third-order valence-electron chi connectivity index (χ3n) is 1.94. The van der Waals surface area contributed by atoms with E-state index >= 15 is 0 Å². The molecule has 0 amide bonds. The number of hydrogen-bond donors (Lipinski definition) is 0. The lowest BCUT2D eigenvalue weighted by Crippen LogP contribution is -2.33. The van der Waals surface area contributed by atoms with Crippen molar-refractivity contribution in [3.05, 3.63) is 0 Å². The molecule has 3 heteroatoms. The van der Waals surface area contributed by atoms with Crippen LogP contribution in [0, 0.1) is 0 Å². The molecule has 2 atom stereocenters. The molecule has 0 radical (unpaired) electrons. The summed E-state index contributed by atoms with van der Waals surface area (Å²) in [4.78, 5) is 4.32. The molecule has 0 saturated carbocycles. The second-order valence-electron chi connectivity index (χ2n) is 2.74. The molecule has 2 unspecified atom stereocenters. The normalized spacial score (nSPS) is 38.3. The van der Waals surface area contributed by atoms with E-state index in [-0.39, 0.29) is 6.10 Å². The molecule has 3 nitrogen and oxygen atoms in total. The van der Waals surface area contributed by atoms with Crippen LogP contribution in [0.1, 0.15) is 13.3 Å². The van der Waals surface area contributed by atoms with E-state index in [9.17, 15) is 0 Å². The average molecular weight is 141 g/mol. The number of nitrogens with zero attached hydrogens (tertiary/aromatic N) is 1. The summed E-state index contributed by atoms with van der Waals surface area (Å²) >= 11 is 0. The van der Waals surface area contributed by atoms with Gasteiger partial charge in [0.05, 0.1) is 12.6 Å². The third kappa shape index (κ3) is 0.904. The molecule has 0 aliphatic carbocycles. The Balaban J connectivity index is 2.06. The van der Waals surface area contributed by atoms with Crippen LogP contribution < -0.4 is 0 Å². The van der Waals surface area contributed by atoms with Crippen molar-refractivity contribution in [1.82, 2.24) is 0 Å². The van der Waals surface area contributed by atoms with Crippen molar-refractivity contribution in [2.75, 3.05) is 13.2 Å². The van der Waals surface area contributed by atoms with Crippen LogP contribution in [0.15, 0.2) is 4.99 Å². The van der Waals surface area contributed by atoms with Crippen molar-refractivity contribution in [3.8, 4) is 0 Å². The molecule has 1 saturated heterocycles. The maximum atomic E-state index is 5.39. The van der Waals surface area contributed by atoms with E-state index < -0.39 is 0 Å². The quantitative estimate of drug-likeness (QED) is 0.494. The van der Waals surface area contributed by atoms with E-state index in [4.69, 9.17) is 9.47 Å². The van der Waals surface area contributed by atoms with Gasteiger partial charge in [-0.2, -0.15) is 0 Å². The maximum absolute atomic E-state index is 5.39. The highest BCUT2D eigenvalue weighted by Gasteiger charge is 2.31. The van der Waals surface area contributed by atoms with E-state index in [1.807, 2.05) is 6.92 Å². The summed E-state index contributed by atoms with van der Waals surface area (Å²) in [7, 11) is 0. The highest BCUT2D eigenvalue weighted by Crippen LogP contribution is 2.20. The molecule has 0 aromatic rings. The zero-order valence-corrected chi connectivity index (χ0v) is 6.04. The molecule has 10 heavy (non-hydrogen) atoms. The van der Waals surface area contributed by atoms with E-state index in [1.54, 1.807) is 0 Å². The van der Waals surface area contributed by atoms with Gasteiger partial charge >= 0.3 is 0 Å². The molecular weight excluding hydrogens is 130 g/mol. The van der Waals surface area contributed by atoms with Gasteiger partial charge in [0.25, 0.3) is 0 Å². The Morgan fingerprint density at radius 2 is 2.50 bits per heavy atom. The molecule has 2 heterocycles. The first-order valence-corrected chi connectivity index (χ1v) is 3.65. The van der Waals surface area contributed by atoms with E-state index in [2.05, 4.69) is 4.99 Å². The Labute approximate surface area is 60.0 Å². The fourth-order valence-electron chi connectivity index (χ4n) is 1.44. The minimum atomic E-state index is 0.216. The van der Waals surface area contributed by atoms with Crippen LogP contribution in [0.4, 0.5) is 0 Å². The topological polar surface area (TPSA) is 30.8 Å². The van der Waals surface area contributed by atoms with Gasteiger partial charge in [0.1, 0.15) is 6.10 Å². The number of aliphatic imine (C=N–C) groups is 1. The Bertz CT molecular complexity index is 167. The van der Waals surface area contributed by atoms with Gasteiger partial charge in [-0.25, -0.2) is 4.99 Å². The van der Waals surface area contributed by atoms with E-state index in [0.717, 1.165) is 18.9 Å². The molecule has 1 fully saturated rings. The molecule has 0 spiro atoms. The zero-order chi connectivity index (χ0) is 6.97. The summed E-state index contributed by atoms with van der Waals surface area (Å²) < 4.78 is 10.6. The molecule has 2 aliphatic heterocycles. The Hall–Kier alpha value is -0.570. The predicted molar refractivity (Wildman–Crippen MR) is 37.2 cm³/mol. The summed E-state index contributed by atoms with van der Waals surface area (Å²) in [5.41, 5.74) is 0. The highest BCUT2D eigenvalue weighted by molar-refractivity contribution is 5.75. The summed E-state index contributed by atoms with van der Waals surface area (Å²) in [6.07, 6.45) is 1.23. The Kier molecular flexibility index (Phi) is 1.38. The van der Waals surface area contributed by atoms with Crippen LogP contribution in [0.2, 0.25) is 0 Å². The van der Waals surface area contributed by atoms with Gasteiger partial charge in [-0.15, -0.1) is 0 Å². The lowest BCUT2D eigenvalue weighted by Gasteiger charge is -2.22. The van der Waals surface area contributed by atoms with Gasteiger partial charge in [-0.1, -0.05) is 0 Å². The first-order valence-electron chi connectivity index (χ1n) is 3.65. The van der Waals surface area contributed by atoms with Crippen LogP contribution in [-0.4, -0.2) is 31.3 Å². The fourth-order valence-corrected chi connectivity index (χ4v) is 1.44. The van der Waals surface area contributed by atoms with Crippen LogP contribution in [0.25, 0.3) is 0 Å².